The van der Waals surface area contributed by atoms with Gasteiger partial charge >= 0.3 is 6.09 Å². The molecule has 3 heterocycles. The van der Waals surface area contributed by atoms with Crippen LogP contribution in [0.5, 0.6) is 11.5 Å². The number of hydrogen-bond donors (Lipinski definition) is 3. The number of amides is 2. The molecule has 2 aliphatic rings. The molecule has 1 saturated carbocycles. The number of nitrogens with one attached hydrogen (secondary N) is 2. The van der Waals surface area contributed by atoms with Crippen molar-refractivity contribution in [2.75, 3.05) is 26.8 Å². The number of H-pyrrole nitrogens is 1. The number of carbonyl (C=O) groups is 2. The highest BCUT2D eigenvalue weighted by Crippen LogP contribution is 2.40. The quantitative estimate of drug-likeness (QED) is 0.448. The first-order valence-electron chi connectivity index (χ1n) is 12.1. The van der Waals surface area contributed by atoms with Crippen molar-refractivity contribution >= 4 is 23.0 Å². The first kappa shape index (κ1) is 23.9. The molecule has 5 rings (SSSR count). The Labute approximate surface area is 207 Å². The van der Waals surface area contributed by atoms with Crippen LogP contribution < -0.4 is 14.8 Å². The van der Waals surface area contributed by atoms with Crippen LogP contribution in [-0.4, -0.2) is 64.8 Å². The number of rotatable bonds is 7. The maximum atomic E-state index is 14.8. The van der Waals surface area contributed by atoms with Crippen molar-refractivity contribution in [3.05, 3.63) is 41.5 Å². The molecule has 3 N–H and O–H groups in total. The first-order chi connectivity index (χ1) is 17.4. The normalized spacial score (nSPS) is 16.2. The zero-order valence-corrected chi connectivity index (χ0v) is 20.3. The summed E-state index contributed by atoms with van der Waals surface area (Å²) in [6.45, 7) is 3.10. The third-order valence-electron chi connectivity index (χ3n) is 6.92. The Morgan fingerprint density at radius 2 is 1.94 bits per heavy atom. The van der Waals surface area contributed by atoms with Crippen molar-refractivity contribution in [2.45, 2.75) is 38.6 Å². The summed E-state index contributed by atoms with van der Waals surface area (Å²) in [7, 11) is 1.41. The van der Waals surface area contributed by atoms with E-state index < -0.39 is 11.9 Å². The van der Waals surface area contributed by atoms with Crippen LogP contribution in [0.3, 0.4) is 0 Å². The molecule has 10 heteroatoms. The Morgan fingerprint density at radius 3 is 2.61 bits per heavy atom. The van der Waals surface area contributed by atoms with Gasteiger partial charge in [-0.2, -0.15) is 0 Å². The fourth-order valence-corrected chi connectivity index (χ4v) is 4.69. The van der Waals surface area contributed by atoms with Crippen LogP contribution in [0.2, 0.25) is 0 Å². The van der Waals surface area contributed by atoms with Crippen LogP contribution in [0.15, 0.2) is 24.4 Å². The number of aryl methyl sites for hydroxylation is 1. The molecular weight excluding hydrogens is 467 g/mol. The highest BCUT2D eigenvalue weighted by molar-refractivity contribution is 6.09. The van der Waals surface area contributed by atoms with E-state index >= 15 is 0 Å². The fraction of sp³-hybridized carbons (Fsp3) is 0.423. The number of pyridine rings is 1. The molecule has 0 bridgehead atoms. The van der Waals surface area contributed by atoms with Crippen molar-refractivity contribution in [1.29, 1.82) is 0 Å². The van der Waals surface area contributed by atoms with Gasteiger partial charge in [0.15, 0.2) is 11.6 Å². The molecule has 1 aliphatic carbocycles. The van der Waals surface area contributed by atoms with Crippen LogP contribution >= 0.6 is 0 Å². The number of likely N-dealkylation sites (tertiary alicyclic amines) is 1. The van der Waals surface area contributed by atoms with Crippen LogP contribution in [-0.2, 0) is 0 Å². The van der Waals surface area contributed by atoms with E-state index in [0.717, 1.165) is 12.8 Å². The van der Waals surface area contributed by atoms with E-state index in [1.807, 2.05) is 0 Å². The zero-order valence-electron chi connectivity index (χ0n) is 20.3. The van der Waals surface area contributed by atoms with Crippen molar-refractivity contribution in [3.63, 3.8) is 0 Å². The molecule has 2 amide bonds. The van der Waals surface area contributed by atoms with E-state index in [4.69, 9.17) is 14.6 Å². The number of methoxy groups -OCH3 is 1. The molecule has 2 aromatic heterocycles. The molecular formula is C26H29FN4O5. The molecule has 190 valence electrons. The smallest absolute Gasteiger partial charge is 0.407 e. The largest absolute Gasteiger partial charge is 0.494 e. The molecule has 0 atom stereocenters. The Kier molecular flexibility index (Phi) is 6.42. The van der Waals surface area contributed by atoms with Gasteiger partial charge in [0.25, 0.3) is 5.91 Å². The van der Waals surface area contributed by atoms with Crippen molar-refractivity contribution in [2.24, 2.45) is 5.92 Å². The molecule has 1 saturated heterocycles. The average Bonchev–Trinajstić information content (AvgIpc) is 3.62. The number of benzene rings is 1. The summed E-state index contributed by atoms with van der Waals surface area (Å²) in [4.78, 5) is 33.5. The Bertz CT molecular complexity index is 1310. The lowest BCUT2D eigenvalue weighted by Crippen LogP contribution is -2.46. The third kappa shape index (κ3) is 4.67. The second-order valence-electron chi connectivity index (χ2n) is 9.46. The minimum Gasteiger partial charge on any atom is -0.494 e. The average molecular weight is 497 g/mol. The predicted octanol–water partition coefficient (Wildman–Crippen LogP) is 4.35. The van der Waals surface area contributed by atoms with Crippen LogP contribution in [0.1, 0.15) is 41.7 Å². The number of nitrogens with zero attached hydrogens (tertiary/aromatic N) is 2. The summed E-state index contributed by atoms with van der Waals surface area (Å²) < 4.78 is 26.0. The molecule has 1 aromatic carbocycles. The van der Waals surface area contributed by atoms with Gasteiger partial charge in [0.2, 0.25) is 0 Å². The Morgan fingerprint density at radius 1 is 1.19 bits per heavy atom. The fourth-order valence-electron chi connectivity index (χ4n) is 4.69. The molecule has 2 fully saturated rings. The lowest BCUT2D eigenvalue weighted by atomic mass is 10.0. The molecule has 0 radical (unpaired) electrons. The van der Waals surface area contributed by atoms with E-state index in [0.29, 0.717) is 77.6 Å². The SMILES string of the molecule is COc1cc(OCC2CC2)c(-c2ccnc3c(C(=O)NC4CCN(C(=O)O)CC4)c(C)[nH]c23)cc1F. The number of carboxylic acid groups (broad SMARTS) is 1. The first-order valence-corrected chi connectivity index (χ1v) is 12.1. The van der Waals surface area contributed by atoms with Crippen LogP contribution in [0, 0.1) is 18.7 Å². The molecule has 0 spiro atoms. The van der Waals surface area contributed by atoms with Gasteiger partial charge in [0.05, 0.1) is 24.8 Å². The Hall–Kier alpha value is -3.82. The highest BCUT2D eigenvalue weighted by Gasteiger charge is 2.27. The van der Waals surface area contributed by atoms with E-state index in [9.17, 15) is 14.0 Å². The molecule has 1 aliphatic heterocycles. The Balaban J connectivity index is 1.46. The van der Waals surface area contributed by atoms with Gasteiger partial charge in [-0.1, -0.05) is 0 Å². The summed E-state index contributed by atoms with van der Waals surface area (Å²) in [6, 6.07) is 4.60. The minimum atomic E-state index is -0.945. The van der Waals surface area contributed by atoms with Gasteiger partial charge < -0.3 is 29.8 Å². The number of piperidine rings is 1. The van der Waals surface area contributed by atoms with E-state index in [-0.39, 0.29) is 17.7 Å². The second-order valence-corrected chi connectivity index (χ2v) is 9.46. The summed E-state index contributed by atoms with van der Waals surface area (Å²) in [5.41, 5.74) is 3.37. The number of fused-ring (bicyclic) bond motifs is 1. The maximum absolute atomic E-state index is 14.8. The summed E-state index contributed by atoms with van der Waals surface area (Å²) in [6.07, 6.45) is 3.99. The lowest BCUT2D eigenvalue weighted by molar-refractivity contribution is 0.0908. The third-order valence-corrected chi connectivity index (χ3v) is 6.92. The summed E-state index contributed by atoms with van der Waals surface area (Å²) in [5.74, 6) is 0.341. The van der Waals surface area contributed by atoms with Gasteiger partial charge in [-0.25, -0.2) is 9.18 Å². The van der Waals surface area contributed by atoms with Crippen LogP contribution in [0.4, 0.5) is 9.18 Å². The molecule has 36 heavy (non-hydrogen) atoms. The van der Waals surface area contributed by atoms with Gasteiger partial charge in [0.1, 0.15) is 11.3 Å². The van der Waals surface area contributed by atoms with Gasteiger partial charge in [-0.3, -0.25) is 9.78 Å². The molecule has 0 unspecified atom stereocenters. The van der Waals surface area contributed by atoms with Crippen molar-refractivity contribution in [3.8, 4) is 22.6 Å². The maximum Gasteiger partial charge on any atom is 0.407 e. The second kappa shape index (κ2) is 9.67. The lowest BCUT2D eigenvalue weighted by Gasteiger charge is -2.30. The zero-order chi connectivity index (χ0) is 25.4. The van der Waals surface area contributed by atoms with Gasteiger partial charge in [0, 0.05) is 48.2 Å². The summed E-state index contributed by atoms with van der Waals surface area (Å²) >= 11 is 0. The van der Waals surface area contributed by atoms with Crippen LogP contribution in [0.25, 0.3) is 22.2 Å². The number of aromatic nitrogens is 2. The molecule has 3 aromatic rings. The summed E-state index contributed by atoms with van der Waals surface area (Å²) in [5, 5.41) is 12.2. The standard InChI is InChI=1S/C26H29FN4O5/c1-14-22(25(32)30-16-6-9-31(10-7-16)26(33)34)24-23(29-14)17(5-8-28-24)18-11-19(27)21(35-2)12-20(18)36-13-15-3-4-15/h5,8,11-12,15-16,29H,3-4,6-7,9-10,13H2,1-2H3,(H,30,32)(H,33,34). The van der Waals surface area contributed by atoms with Crippen molar-refractivity contribution in [1.82, 2.24) is 20.2 Å². The number of aromatic amines is 1. The number of halogens is 1. The van der Waals surface area contributed by atoms with E-state index in [1.165, 1.54) is 18.1 Å². The topological polar surface area (TPSA) is 117 Å². The number of carbonyl (C=O) groups excluding carboxylic acids is 1. The van der Waals surface area contributed by atoms with Crippen molar-refractivity contribution < 1.29 is 28.6 Å². The van der Waals surface area contributed by atoms with Gasteiger partial charge in [-0.15, -0.1) is 0 Å². The number of ether oxygens (including phenoxy) is 2. The van der Waals surface area contributed by atoms with Gasteiger partial charge in [-0.05, 0) is 50.7 Å². The van der Waals surface area contributed by atoms with E-state index in [1.54, 1.807) is 25.3 Å². The highest BCUT2D eigenvalue weighted by atomic mass is 19.1. The predicted molar refractivity (Wildman–Crippen MR) is 131 cm³/mol. The minimum absolute atomic E-state index is 0.103. The monoisotopic (exact) mass is 496 g/mol. The van der Waals surface area contributed by atoms with E-state index in [2.05, 4.69) is 15.3 Å². The number of hydrogen-bond acceptors (Lipinski definition) is 5. The molecule has 9 nitrogen and oxygen atoms in total.